The number of nitrogens with one attached hydrogen (secondary N) is 2. The molecule has 2 aromatic carbocycles. The van der Waals surface area contributed by atoms with Crippen molar-refractivity contribution < 1.29 is 4.79 Å². The summed E-state index contributed by atoms with van der Waals surface area (Å²) in [6, 6.07) is 18.2. The Kier molecular flexibility index (Phi) is 6.49. The molecule has 0 aliphatic carbocycles. The first-order valence-corrected chi connectivity index (χ1v) is 7.91. The molecule has 0 fully saturated rings. The van der Waals surface area contributed by atoms with E-state index in [9.17, 15) is 4.79 Å². The molecular weight excluding hydrogens is 272 g/mol. The molecule has 0 aliphatic rings. The van der Waals surface area contributed by atoms with Gasteiger partial charge in [-0.2, -0.15) is 0 Å². The molecule has 3 heteroatoms. The monoisotopic (exact) mass is 296 g/mol. The topological polar surface area (TPSA) is 41.1 Å². The van der Waals surface area contributed by atoms with E-state index in [2.05, 4.69) is 29.7 Å². The second-order valence-corrected chi connectivity index (χ2v) is 5.42. The first-order valence-electron chi connectivity index (χ1n) is 7.91. The van der Waals surface area contributed by atoms with Crippen LogP contribution in [0.25, 0.3) is 0 Å². The molecule has 22 heavy (non-hydrogen) atoms. The van der Waals surface area contributed by atoms with Crippen molar-refractivity contribution in [3.8, 4) is 0 Å². The summed E-state index contributed by atoms with van der Waals surface area (Å²) in [6.07, 6.45) is 3.55. The van der Waals surface area contributed by atoms with Crippen LogP contribution in [-0.2, 0) is 17.8 Å². The summed E-state index contributed by atoms with van der Waals surface area (Å²) in [6.45, 7) is 3.06. The fraction of sp³-hybridized carbons (Fsp3) is 0.316. The van der Waals surface area contributed by atoms with E-state index in [1.54, 1.807) is 0 Å². The molecule has 0 spiro atoms. The van der Waals surface area contributed by atoms with Crippen LogP contribution >= 0.6 is 0 Å². The lowest BCUT2D eigenvalue weighted by atomic mass is 10.1. The van der Waals surface area contributed by atoms with Crippen LogP contribution in [0.2, 0.25) is 0 Å². The largest absolute Gasteiger partial charge is 0.376 e. The molecule has 2 aromatic rings. The molecule has 0 bridgehead atoms. The Morgan fingerprint density at radius 3 is 2.36 bits per heavy atom. The van der Waals surface area contributed by atoms with Gasteiger partial charge in [-0.1, -0.05) is 55.8 Å². The van der Waals surface area contributed by atoms with Gasteiger partial charge in [-0.05, 0) is 36.1 Å². The van der Waals surface area contributed by atoms with Crippen molar-refractivity contribution in [2.24, 2.45) is 0 Å². The van der Waals surface area contributed by atoms with Crippen LogP contribution in [0, 0.1) is 0 Å². The third-order valence-electron chi connectivity index (χ3n) is 3.56. The lowest BCUT2D eigenvalue weighted by Crippen LogP contribution is -2.29. The summed E-state index contributed by atoms with van der Waals surface area (Å²) in [5, 5.41) is 6.06. The van der Waals surface area contributed by atoms with Crippen LogP contribution in [0.1, 0.15) is 30.9 Å². The normalized spacial score (nSPS) is 10.2. The zero-order valence-corrected chi connectivity index (χ0v) is 13.1. The van der Waals surface area contributed by atoms with Crippen LogP contribution in [-0.4, -0.2) is 12.5 Å². The van der Waals surface area contributed by atoms with E-state index in [0.29, 0.717) is 13.1 Å². The maximum atomic E-state index is 11.8. The van der Waals surface area contributed by atoms with Crippen molar-refractivity contribution in [2.45, 2.75) is 32.7 Å². The minimum Gasteiger partial charge on any atom is -0.376 e. The molecule has 1 amide bonds. The van der Waals surface area contributed by atoms with E-state index in [-0.39, 0.29) is 5.91 Å². The van der Waals surface area contributed by atoms with Gasteiger partial charge in [0.25, 0.3) is 0 Å². The van der Waals surface area contributed by atoms with E-state index < -0.39 is 0 Å². The van der Waals surface area contributed by atoms with Crippen molar-refractivity contribution in [3.05, 3.63) is 65.7 Å². The summed E-state index contributed by atoms with van der Waals surface area (Å²) < 4.78 is 0. The molecule has 0 aromatic heterocycles. The van der Waals surface area contributed by atoms with E-state index in [1.807, 2.05) is 42.5 Å². The first kappa shape index (κ1) is 16.1. The fourth-order valence-corrected chi connectivity index (χ4v) is 2.21. The molecule has 0 saturated carbocycles. The zero-order chi connectivity index (χ0) is 15.6. The van der Waals surface area contributed by atoms with Crippen LogP contribution < -0.4 is 10.6 Å². The van der Waals surface area contributed by atoms with Crippen molar-refractivity contribution in [3.63, 3.8) is 0 Å². The first-order chi connectivity index (χ1) is 10.8. The number of unbranched alkanes of at least 4 members (excludes halogenated alkanes) is 1. The van der Waals surface area contributed by atoms with Gasteiger partial charge in [0.05, 0.1) is 6.54 Å². The molecule has 0 saturated heterocycles. The SMILES string of the molecule is CCCCc1ccc(NCC(=O)NCc2ccccc2)cc1. The average molecular weight is 296 g/mol. The van der Waals surface area contributed by atoms with Gasteiger partial charge in [0.1, 0.15) is 0 Å². The van der Waals surface area contributed by atoms with Crippen molar-refractivity contribution in [1.82, 2.24) is 5.32 Å². The summed E-state index contributed by atoms with van der Waals surface area (Å²) in [7, 11) is 0. The number of anilines is 1. The Labute approximate surface area is 132 Å². The second kappa shape index (κ2) is 8.88. The molecule has 2 N–H and O–H groups in total. The Balaban J connectivity index is 1.71. The number of amides is 1. The van der Waals surface area contributed by atoms with E-state index in [0.717, 1.165) is 17.7 Å². The second-order valence-electron chi connectivity index (χ2n) is 5.42. The van der Waals surface area contributed by atoms with Gasteiger partial charge in [-0.25, -0.2) is 0 Å². The summed E-state index contributed by atoms with van der Waals surface area (Å²) >= 11 is 0. The molecule has 0 aliphatic heterocycles. The third kappa shape index (κ3) is 5.60. The fourth-order valence-electron chi connectivity index (χ4n) is 2.21. The van der Waals surface area contributed by atoms with Crippen LogP contribution in [0.15, 0.2) is 54.6 Å². The highest BCUT2D eigenvalue weighted by Gasteiger charge is 2.01. The average Bonchev–Trinajstić information content (AvgIpc) is 2.58. The number of rotatable bonds is 8. The number of hydrogen-bond acceptors (Lipinski definition) is 2. The summed E-state index contributed by atoms with van der Waals surface area (Å²) in [4.78, 5) is 11.8. The summed E-state index contributed by atoms with van der Waals surface area (Å²) in [5.41, 5.74) is 3.44. The molecule has 3 nitrogen and oxygen atoms in total. The predicted octanol–water partition coefficient (Wildman–Crippen LogP) is 3.76. The van der Waals surface area contributed by atoms with E-state index in [1.165, 1.54) is 18.4 Å². The van der Waals surface area contributed by atoms with Gasteiger partial charge < -0.3 is 10.6 Å². The smallest absolute Gasteiger partial charge is 0.239 e. The number of carbonyl (C=O) groups excluding carboxylic acids is 1. The van der Waals surface area contributed by atoms with Crippen molar-refractivity contribution in [2.75, 3.05) is 11.9 Å². The standard InChI is InChI=1S/C19H24N2O/c1-2-3-7-16-10-12-18(13-11-16)20-15-19(22)21-14-17-8-5-4-6-9-17/h4-6,8-13,20H,2-3,7,14-15H2,1H3,(H,21,22). The van der Waals surface area contributed by atoms with Crippen molar-refractivity contribution >= 4 is 11.6 Å². The number of aryl methyl sites for hydroxylation is 1. The maximum absolute atomic E-state index is 11.8. The van der Waals surface area contributed by atoms with Gasteiger partial charge in [-0.15, -0.1) is 0 Å². The molecule has 2 rings (SSSR count). The zero-order valence-electron chi connectivity index (χ0n) is 13.1. The van der Waals surface area contributed by atoms with Gasteiger partial charge >= 0.3 is 0 Å². The highest BCUT2D eigenvalue weighted by atomic mass is 16.1. The molecular formula is C19H24N2O. The van der Waals surface area contributed by atoms with Gasteiger partial charge in [0, 0.05) is 12.2 Å². The summed E-state index contributed by atoms with van der Waals surface area (Å²) in [5.74, 6) is -0.00101. The number of benzene rings is 2. The lowest BCUT2D eigenvalue weighted by Gasteiger charge is -2.08. The Bertz CT molecular complexity index is 564. The Hall–Kier alpha value is -2.29. The van der Waals surface area contributed by atoms with Crippen LogP contribution in [0.3, 0.4) is 0 Å². The highest BCUT2D eigenvalue weighted by molar-refractivity contribution is 5.80. The molecule has 0 unspecified atom stereocenters. The van der Waals surface area contributed by atoms with Gasteiger partial charge in [0.15, 0.2) is 0 Å². The van der Waals surface area contributed by atoms with Gasteiger partial charge in [0.2, 0.25) is 5.91 Å². The third-order valence-corrected chi connectivity index (χ3v) is 3.56. The quantitative estimate of drug-likeness (QED) is 0.779. The van der Waals surface area contributed by atoms with E-state index >= 15 is 0 Å². The Morgan fingerprint density at radius 1 is 0.955 bits per heavy atom. The number of carbonyl (C=O) groups is 1. The highest BCUT2D eigenvalue weighted by Crippen LogP contribution is 2.11. The predicted molar refractivity (Wildman–Crippen MR) is 91.8 cm³/mol. The van der Waals surface area contributed by atoms with Gasteiger partial charge in [-0.3, -0.25) is 4.79 Å². The minimum atomic E-state index is -0.00101. The minimum absolute atomic E-state index is 0.00101. The lowest BCUT2D eigenvalue weighted by molar-refractivity contribution is -0.119. The Morgan fingerprint density at radius 2 is 1.68 bits per heavy atom. The molecule has 0 radical (unpaired) electrons. The van der Waals surface area contributed by atoms with Crippen molar-refractivity contribution in [1.29, 1.82) is 0 Å². The molecule has 0 heterocycles. The molecule has 0 atom stereocenters. The maximum Gasteiger partial charge on any atom is 0.239 e. The van der Waals surface area contributed by atoms with Crippen LogP contribution in [0.5, 0.6) is 0 Å². The molecule has 116 valence electrons. The number of hydrogen-bond donors (Lipinski definition) is 2. The van der Waals surface area contributed by atoms with Crippen LogP contribution in [0.4, 0.5) is 5.69 Å². The van der Waals surface area contributed by atoms with E-state index in [4.69, 9.17) is 0 Å².